The van der Waals surface area contributed by atoms with Crippen molar-refractivity contribution in [3.8, 4) is 0 Å². The van der Waals surface area contributed by atoms with Crippen LogP contribution in [0.2, 0.25) is 0 Å². The number of hydrogen-bond acceptors (Lipinski definition) is 4. The highest BCUT2D eigenvalue weighted by molar-refractivity contribution is 5.90. The molecule has 0 bridgehead atoms. The van der Waals surface area contributed by atoms with Crippen molar-refractivity contribution in [3.05, 3.63) is 30.1 Å². The molecule has 6 nitrogen and oxygen atoms in total. The number of carbonyl (C=O) groups excluding carboxylic acids is 2. The lowest BCUT2D eigenvalue weighted by Gasteiger charge is -2.28. The number of rotatable bonds is 3. The van der Waals surface area contributed by atoms with E-state index in [1.165, 1.54) is 0 Å². The lowest BCUT2D eigenvalue weighted by atomic mass is 9.90. The number of amides is 2. The molecule has 3 unspecified atom stereocenters. The molecule has 0 aromatic carbocycles. The fourth-order valence-corrected chi connectivity index (χ4v) is 3.71. The Bertz CT molecular complexity index is 616. The van der Waals surface area contributed by atoms with E-state index in [1.807, 2.05) is 17.0 Å². The van der Waals surface area contributed by atoms with Crippen molar-refractivity contribution in [2.75, 3.05) is 26.7 Å². The van der Waals surface area contributed by atoms with Crippen LogP contribution in [0.4, 0.5) is 0 Å². The fraction of sp³-hybridized carbons (Fsp3) is 0.588. The van der Waals surface area contributed by atoms with Crippen LogP contribution in [-0.4, -0.2) is 53.3 Å². The SMILES string of the molecule is CN1C(=O)CC(C(=O)N2CCC(C)(CN)C2)C1c1cccnc1.Cl.Cl. The third-order valence-electron chi connectivity index (χ3n) is 5.29. The molecule has 25 heavy (non-hydrogen) atoms. The molecule has 2 saturated heterocycles. The molecule has 0 spiro atoms. The van der Waals surface area contributed by atoms with E-state index in [1.54, 1.807) is 24.3 Å². The minimum Gasteiger partial charge on any atom is -0.342 e. The third-order valence-corrected chi connectivity index (χ3v) is 5.29. The molecule has 1 aromatic heterocycles. The van der Waals surface area contributed by atoms with Crippen molar-refractivity contribution in [3.63, 3.8) is 0 Å². The highest BCUT2D eigenvalue weighted by atomic mass is 35.5. The molecule has 1 aromatic rings. The second kappa shape index (κ2) is 8.34. The van der Waals surface area contributed by atoms with Crippen LogP contribution in [-0.2, 0) is 9.59 Å². The van der Waals surface area contributed by atoms with Crippen molar-refractivity contribution in [2.45, 2.75) is 25.8 Å². The zero-order valence-corrected chi connectivity index (χ0v) is 16.2. The Labute approximate surface area is 161 Å². The van der Waals surface area contributed by atoms with Gasteiger partial charge in [0.05, 0.1) is 12.0 Å². The van der Waals surface area contributed by atoms with Gasteiger partial charge < -0.3 is 15.5 Å². The smallest absolute Gasteiger partial charge is 0.228 e. The first kappa shape index (κ1) is 21.7. The number of nitrogens with two attached hydrogens (primary N) is 1. The van der Waals surface area contributed by atoms with Gasteiger partial charge in [0.1, 0.15) is 0 Å². The fourth-order valence-electron chi connectivity index (χ4n) is 3.71. The molecule has 3 rings (SSSR count). The number of carbonyl (C=O) groups is 2. The van der Waals surface area contributed by atoms with Crippen LogP contribution in [0, 0.1) is 11.3 Å². The normalized spacial score (nSPS) is 28.5. The summed E-state index contributed by atoms with van der Waals surface area (Å²) >= 11 is 0. The summed E-state index contributed by atoms with van der Waals surface area (Å²) in [7, 11) is 1.77. The second-order valence-electron chi connectivity index (χ2n) is 7.07. The van der Waals surface area contributed by atoms with Crippen LogP contribution in [0.5, 0.6) is 0 Å². The van der Waals surface area contributed by atoms with Gasteiger partial charge >= 0.3 is 0 Å². The average molecular weight is 389 g/mol. The minimum atomic E-state index is -0.336. The number of hydrogen-bond donors (Lipinski definition) is 1. The second-order valence-corrected chi connectivity index (χ2v) is 7.07. The maximum atomic E-state index is 13.0. The van der Waals surface area contributed by atoms with E-state index in [-0.39, 0.29) is 60.4 Å². The van der Waals surface area contributed by atoms with Crippen molar-refractivity contribution >= 4 is 36.6 Å². The van der Waals surface area contributed by atoms with E-state index in [9.17, 15) is 9.59 Å². The van der Waals surface area contributed by atoms with E-state index in [0.717, 1.165) is 18.5 Å². The minimum absolute atomic E-state index is 0. The molecule has 2 aliphatic heterocycles. The van der Waals surface area contributed by atoms with Crippen molar-refractivity contribution < 1.29 is 9.59 Å². The molecular formula is C17H26Cl2N4O2. The lowest BCUT2D eigenvalue weighted by molar-refractivity contribution is -0.135. The highest BCUT2D eigenvalue weighted by Gasteiger charge is 2.46. The van der Waals surface area contributed by atoms with Gasteiger partial charge in [-0.25, -0.2) is 0 Å². The molecule has 0 aliphatic carbocycles. The van der Waals surface area contributed by atoms with E-state index < -0.39 is 0 Å². The van der Waals surface area contributed by atoms with Gasteiger partial charge in [0.2, 0.25) is 11.8 Å². The number of pyridine rings is 1. The van der Waals surface area contributed by atoms with Crippen molar-refractivity contribution in [2.24, 2.45) is 17.1 Å². The summed E-state index contributed by atoms with van der Waals surface area (Å²) in [6.45, 7) is 4.09. The van der Waals surface area contributed by atoms with E-state index >= 15 is 0 Å². The highest BCUT2D eigenvalue weighted by Crippen LogP contribution is 2.39. The Morgan fingerprint density at radius 1 is 1.44 bits per heavy atom. The topological polar surface area (TPSA) is 79.5 Å². The maximum absolute atomic E-state index is 13.0. The predicted octanol–water partition coefficient (Wildman–Crippen LogP) is 1.64. The molecule has 2 aliphatic rings. The maximum Gasteiger partial charge on any atom is 0.228 e. The van der Waals surface area contributed by atoms with Crippen LogP contribution in [0.1, 0.15) is 31.4 Å². The number of likely N-dealkylation sites (tertiary alicyclic amines) is 2. The largest absolute Gasteiger partial charge is 0.342 e. The number of halogens is 2. The first-order valence-corrected chi connectivity index (χ1v) is 8.10. The summed E-state index contributed by atoms with van der Waals surface area (Å²) in [5.41, 5.74) is 6.75. The zero-order chi connectivity index (χ0) is 16.6. The summed E-state index contributed by atoms with van der Waals surface area (Å²) in [6, 6.07) is 3.55. The molecular weight excluding hydrogens is 363 g/mol. The monoisotopic (exact) mass is 388 g/mol. The molecule has 3 atom stereocenters. The quantitative estimate of drug-likeness (QED) is 0.853. The Kier molecular flexibility index (Phi) is 7.23. The molecule has 2 N–H and O–H groups in total. The lowest BCUT2D eigenvalue weighted by Crippen LogP contribution is -2.39. The summed E-state index contributed by atoms with van der Waals surface area (Å²) in [6.07, 6.45) is 4.63. The Hall–Kier alpha value is -1.37. The van der Waals surface area contributed by atoms with Gasteiger partial charge in [0.25, 0.3) is 0 Å². The van der Waals surface area contributed by atoms with Crippen LogP contribution in [0.3, 0.4) is 0 Å². The molecule has 2 amide bonds. The van der Waals surface area contributed by atoms with Crippen molar-refractivity contribution in [1.82, 2.24) is 14.8 Å². The van der Waals surface area contributed by atoms with E-state index in [4.69, 9.17) is 5.73 Å². The van der Waals surface area contributed by atoms with Crippen LogP contribution in [0.25, 0.3) is 0 Å². The molecule has 3 heterocycles. The number of aromatic nitrogens is 1. The van der Waals surface area contributed by atoms with Gasteiger partial charge in [-0.2, -0.15) is 0 Å². The Morgan fingerprint density at radius 2 is 2.16 bits per heavy atom. The van der Waals surface area contributed by atoms with Gasteiger partial charge in [0, 0.05) is 39.0 Å². The van der Waals surface area contributed by atoms with Crippen LogP contribution < -0.4 is 5.73 Å². The summed E-state index contributed by atoms with van der Waals surface area (Å²) in [5.74, 6) is -0.261. The van der Waals surface area contributed by atoms with E-state index in [2.05, 4.69) is 11.9 Å². The van der Waals surface area contributed by atoms with Crippen LogP contribution >= 0.6 is 24.8 Å². The molecule has 0 radical (unpaired) electrons. The standard InChI is InChI=1S/C17H24N4O2.2ClH/c1-17(10-18)5-7-21(11-17)16(23)13-8-14(22)20(2)15(13)12-4-3-6-19-9-12;;/h3-4,6,9,13,15H,5,7-8,10-11,18H2,1-2H3;2*1H. The molecule has 0 saturated carbocycles. The first-order chi connectivity index (χ1) is 10.9. The van der Waals surface area contributed by atoms with Crippen LogP contribution in [0.15, 0.2) is 24.5 Å². The van der Waals surface area contributed by atoms with Gasteiger partial charge in [-0.1, -0.05) is 13.0 Å². The van der Waals surface area contributed by atoms with Gasteiger partial charge in [-0.15, -0.1) is 24.8 Å². The molecule has 8 heteroatoms. The zero-order valence-electron chi connectivity index (χ0n) is 14.6. The summed E-state index contributed by atoms with van der Waals surface area (Å²) in [4.78, 5) is 32.9. The van der Waals surface area contributed by atoms with Crippen molar-refractivity contribution in [1.29, 1.82) is 0 Å². The Balaban J connectivity index is 0.00000156. The van der Waals surface area contributed by atoms with Gasteiger partial charge in [-0.05, 0) is 30.0 Å². The third kappa shape index (κ3) is 4.07. The predicted molar refractivity (Wildman–Crippen MR) is 101 cm³/mol. The first-order valence-electron chi connectivity index (χ1n) is 8.10. The summed E-state index contributed by atoms with van der Waals surface area (Å²) in [5, 5.41) is 0. The summed E-state index contributed by atoms with van der Waals surface area (Å²) < 4.78 is 0. The Morgan fingerprint density at radius 3 is 2.72 bits per heavy atom. The van der Waals surface area contributed by atoms with Gasteiger partial charge in [0.15, 0.2) is 0 Å². The number of nitrogens with zero attached hydrogens (tertiary/aromatic N) is 3. The van der Waals surface area contributed by atoms with E-state index in [0.29, 0.717) is 13.1 Å². The average Bonchev–Trinajstić information content (AvgIpc) is 3.10. The molecule has 140 valence electrons. The van der Waals surface area contributed by atoms with Gasteiger partial charge in [-0.3, -0.25) is 14.6 Å². The molecule has 2 fully saturated rings.